The van der Waals surface area contributed by atoms with Crippen LogP contribution in [0, 0.1) is 0 Å². The van der Waals surface area contributed by atoms with E-state index in [1.807, 2.05) is 0 Å². The molecule has 0 saturated carbocycles. The molecule has 1 aromatic heterocycles. The molecule has 1 saturated heterocycles. The predicted molar refractivity (Wildman–Crippen MR) is 73.6 cm³/mol. The van der Waals surface area contributed by atoms with Crippen molar-refractivity contribution in [3.05, 3.63) is 11.9 Å². The Morgan fingerprint density at radius 1 is 1.38 bits per heavy atom. The molecule has 1 aromatic rings. The van der Waals surface area contributed by atoms with Gasteiger partial charge in [-0.3, -0.25) is 4.90 Å². The fourth-order valence-corrected chi connectivity index (χ4v) is 2.50. The van der Waals surface area contributed by atoms with Gasteiger partial charge in [-0.25, -0.2) is 15.8 Å². The molecule has 0 aromatic carbocycles. The molecule has 118 valence electrons. The van der Waals surface area contributed by atoms with Crippen LogP contribution < -0.4 is 16.6 Å². The van der Waals surface area contributed by atoms with Crippen LogP contribution in [0.1, 0.15) is 25.6 Å². The number of hydrogen-bond acceptors (Lipinski definition) is 6. The quantitative estimate of drug-likeness (QED) is 0.567. The normalized spacial score (nSPS) is 19.8. The number of hydrazine groups is 1. The number of nitrogens with one attached hydrogen (secondary N) is 2. The van der Waals surface area contributed by atoms with Crippen molar-refractivity contribution in [2.24, 2.45) is 5.84 Å². The van der Waals surface area contributed by atoms with Crippen LogP contribution in [0.25, 0.3) is 0 Å². The average Bonchev–Trinajstić information content (AvgIpc) is 2.91. The minimum atomic E-state index is -4.61. The van der Waals surface area contributed by atoms with E-state index in [1.165, 1.54) is 6.07 Å². The minimum Gasteiger partial charge on any atom is -0.368 e. The summed E-state index contributed by atoms with van der Waals surface area (Å²) in [5.74, 6) is 3.99. The van der Waals surface area contributed by atoms with Crippen LogP contribution in [-0.2, 0) is 6.18 Å². The molecule has 21 heavy (non-hydrogen) atoms. The van der Waals surface area contributed by atoms with Crippen LogP contribution >= 0.6 is 0 Å². The van der Waals surface area contributed by atoms with E-state index >= 15 is 0 Å². The topological polar surface area (TPSA) is 79.1 Å². The van der Waals surface area contributed by atoms with Crippen molar-refractivity contribution in [3.8, 4) is 0 Å². The van der Waals surface area contributed by atoms with Crippen LogP contribution in [0.5, 0.6) is 0 Å². The van der Waals surface area contributed by atoms with E-state index < -0.39 is 12.0 Å². The van der Waals surface area contributed by atoms with Crippen LogP contribution in [0.2, 0.25) is 0 Å². The van der Waals surface area contributed by atoms with Gasteiger partial charge in [0, 0.05) is 18.7 Å². The van der Waals surface area contributed by atoms with E-state index in [9.17, 15) is 13.2 Å². The Morgan fingerprint density at radius 2 is 2.10 bits per heavy atom. The van der Waals surface area contributed by atoms with Gasteiger partial charge >= 0.3 is 6.18 Å². The summed E-state index contributed by atoms with van der Waals surface area (Å²) in [6.45, 7) is 4.57. The predicted octanol–water partition coefficient (Wildman–Crippen LogP) is 1.68. The van der Waals surface area contributed by atoms with Crippen molar-refractivity contribution >= 4 is 11.6 Å². The SMILES string of the molecule is CCN1CCCC1CNc1cc(NN)nc(C(F)(F)F)n1. The zero-order valence-corrected chi connectivity index (χ0v) is 11.7. The number of halogens is 3. The van der Waals surface area contributed by atoms with Crippen molar-refractivity contribution in [2.45, 2.75) is 32.0 Å². The molecule has 1 aliphatic heterocycles. The molecule has 0 spiro atoms. The van der Waals surface area contributed by atoms with Gasteiger partial charge in [-0.05, 0) is 25.9 Å². The van der Waals surface area contributed by atoms with E-state index in [2.05, 4.69) is 32.5 Å². The Hall–Kier alpha value is -1.61. The largest absolute Gasteiger partial charge is 0.451 e. The summed E-state index contributed by atoms with van der Waals surface area (Å²) in [5.41, 5.74) is 2.13. The van der Waals surface area contributed by atoms with Gasteiger partial charge in [0.25, 0.3) is 0 Å². The van der Waals surface area contributed by atoms with E-state index in [-0.39, 0.29) is 11.6 Å². The first-order valence-electron chi connectivity index (χ1n) is 6.85. The van der Waals surface area contributed by atoms with Gasteiger partial charge in [-0.15, -0.1) is 0 Å². The fourth-order valence-electron chi connectivity index (χ4n) is 2.50. The minimum absolute atomic E-state index is 0.0707. The molecule has 1 atom stereocenters. The molecule has 0 aliphatic carbocycles. The Bertz CT molecular complexity index is 479. The Morgan fingerprint density at radius 3 is 2.71 bits per heavy atom. The van der Waals surface area contributed by atoms with Crippen LogP contribution in [0.15, 0.2) is 6.07 Å². The molecule has 1 fully saturated rings. The Balaban J connectivity index is 2.09. The number of likely N-dealkylation sites (N-methyl/N-ethyl adjacent to an activating group) is 1. The molecular formula is C12H19F3N6. The first-order valence-corrected chi connectivity index (χ1v) is 6.85. The lowest BCUT2D eigenvalue weighted by Crippen LogP contribution is -2.34. The number of hydrogen-bond donors (Lipinski definition) is 3. The summed E-state index contributed by atoms with van der Waals surface area (Å²) in [7, 11) is 0. The zero-order valence-electron chi connectivity index (χ0n) is 11.7. The van der Waals surface area contributed by atoms with Gasteiger partial charge in [0.15, 0.2) is 0 Å². The van der Waals surface area contributed by atoms with Crippen molar-refractivity contribution in [1.29, 1.82) is 0 Å². The third-order valence-corrected chi connectivity index (χ3v) is 3.55. The summed E-state index contributed by atoms with van der Waals surface area (Å²) in [6, 6.07) is 1.68. The molecule has 0 radical (unpaired) electrons. The summed E-state index contributed by atoms with van der Waals surface area (Å²) in [5, 5.41) is 2.95. The van der Waals surface area contributed by atoms with E-state index in [4.69, 9.17) is 5.84 Å². The van der Waals surface area contributed by atoms with Gasteiger partial charge in [-0.2, -0.15) is 13.2 Å². The molecule has 6 nitrogen and oxygen atoms in total. The molecule has 0 bridgehead atoms. The number of likely N-dealkylation sites (tertiary alicyclic amines) is 1. The highest BCUT2D eigenvalue weighted by Gasteiger charge is 2.35. The maximum Gasteiger partial charge on any atom is 0.451 e. The van der Waals surface area contributed by atoms with Gasteiger partial charge in [0.2, 0.25) is 5.82 Å². The summed E-state index contributed by atoms with van der Waals surface area (Å²) >= 11 is 0. The number of nitrogens with zero attached hydrogens (tertiary/aromatic N) is 3. The van der Waals surface area contributed by atoms with Crippen molar-refractivity contribution in [2.75, 3.05) is 30.4 Å². The van der Waals surface area contributed by atoms with Gasteiger partial charge in [-0.1, -0.05) is 6.92 Å². The van der Waals surface area contributed by atoms with Crippen LogP contribution in [-0.4, -0.2) is 40.5 Å². The second kappa shape index (κ2) is 6.44. The van der Waals surface area contributed by atoms with Crippen LogP contribution in [0.4, 0.5) is 24.8 Å². The van der Waals surface area contributed by atoms with Crippen molar-refractivity contribution in [1.82, 2.24) is 14.9 Å². The highest BCUT2D eigenvalue weighted by atomic mass is 19.4. The monoisotopic (exact) mass is 304 g/mol. The molecule has 2 rings (SSSR count). The molecule has 2 heterocycles. The second-order valence-corrected chi connectivity index (χ2v) is 4.91. The smallest absolute Gasteiger partial charge is 0.368 e. The van der Waals surface area contributed by atoms with E-state index in [0.29, 0.717) is 12.6 Å². The average molecular weight is 304 g/mol. The lowest BCUT2D eigenvalue weighted by Gasteiger charge is -2.23. The number of aromatic nitrogens is 2. The van der Waals surface area contributed by atoms with Gasteiger partial charge in [0.05, 0.1) is 0 Å². The van der Waals surface area contributed by atoms with Crippen molar-refractivity contribution in [3.63, 3.8) is 0 Å². The number of anilines is 2. The lowest BCUT2D eigenvalue weighted by atomic mass is 10.2. The lowest BCUT2D eigenvalue weighted by molar-refractivity contribution is -0.144. The summed E-state index contributed by atoms with van der Waals surface area (Å²) in [4.78, 5) is 9.11. The van der Waals surface area contributed by atoms with Crippen LogP contribution in [0.3, 0.4) is 0 Å². The van der Waals surface area contributed by atoms with E-state index in [1.54, 1.807) is 0 Å². The molecule has 9 heteroatoms. The maximum absolute atomic E-state index is 12.7. The number of alkyl halides is 3. The zero-order chi connectivity index (χ0) is 15.5. The maximum atomic E-state index is 12.7. The van der Waals surface area contributed by atoms with Crippen molar-refractivity contribution < 1.29 is 13.2 Å². The summed E-state index contributed by atoms with van der Waals surface area (Å²) < 4.78 is 38.1. The van der Waals surface area contributed by atoms with Gasteiger partial charge < -0.3 is 10.7 Å². The van der Waals surface area contributed by atoms with Gasteiger partial charge in [0.1, 0.15) is 11.6 Å². The fraction of sp³-hybridized carbons (Fsp3) is 0.667. The van der Waals surface area contributed by atoms with E-state index in [0.717, 1.165) is 25.9 Å². The number of nitrogen functional groups attached to an aromatic ring is 1. The summed E-state index contributed by atoms with van der Waals surface area (Å²) in [6.07, 6.45) is -2.47. The molecule has 1 unspecified atom stereocenters. The highest BCUT2D eigenvalue weighted by Crippen LogP contribution is 2.28. The number of nitrogens with two attached hydrogens (primary N) is 1. The molecular weight excluding hydrogens is 285 g/mol. The Labute approximate surface area is 120 Å². The third kappa shape index (κ3) is 3.94. The second-order valence-electron chi connectivity index (χ2n) is 4.91. The molecule has 4 N–H and O–H groups in total. The third-order valence-electron chi connectivity index (χ3n) is 3.55. The Kier molecular flexibility index (Phi) is 4.84. The highest BCUT2D eigenvalue weighted by molar-refractivity contribution is 5.47. The molecule has 1 aliphatic rings. The standard InChI is InChI=1S/C12H19F3N6/c1-2-21-5-3-4-8(21)7-17-9-6-10(20-16)19-11(18-9)12(13,14)15/h6,8H,2-5,7,16H2,1H3,(H2,17,18,19,20). The first kappa shape index (κ1) is 15.8. The number of rotatable bonds is 5. The molecule has 0 amide bonds. The first-order chi connectivity index (χ1) is 9.94.